The third-order valence-electron chi connectivity index (χ3n) is 4.08. The van der Waals surface area contributed by atoms with Crippen LogP contribution in [-0.2, 0) is 10.0 Å². The molecule has 1 amide bonds. The molecule has 7 heteroatoms. The Morgan fingerprint density at radius 2 is 1.57 bits per heavy atom. The molecule has 28 heavy (non-hydrogen) atoms. The predicted molar refractivity (Wildman–Crippen MR) is 113 cm³/mol. The highest BCUT2D eigenvalue weighted by Gasteiger charge is 2.17. The van der Waals surface area contributed by atoms with Gasteiger partial charge in [0.15, 0.2) is 0 Å². The number of carbonyl (C=O) groups is 1. The fraction of sp³-hybridized carbons (Fsp3) is 0.0952. The van der Waals surface area contributed by atoms with Crippen LogP contribution in [0.25, 0.3) is 0 Å². The molecule has 0 saturated heterocycles. The maximum Gasteiger partial charge on any atom is 0.261 e. The Hall–Kier alpha value is -2.83. The Kier molecular flexibility index (Phi) is 5.72. The number of benzene rings is 3. The minimum Gasteiger partial charge on any atom is -0.321 e. The van der Waals surface area contributed by atoms with Gasteiger partial charge in [0.25, 0.3) is 15.9 Å². The molecule has 0 aliphatic rings. The van der Waals surface area contributed by atoms with Crippen LogP contribution in [-0.4, -0.2) is 14.3 Å². The zero-order chi connectivity index (χ0) is 20.3. The first-order chi connectivity index (χ1) is 13.2. The van der Waals surface area contributed by atoms with Crippen molar-refractivity contribution in [2.45, 2.75) is 18.7 Å². The van der Waals surface area contributed by atoms with Gasteiger partial charge in [-0.1, -0.05) is 41.4 Å². The van der Waals surface area contributed by atoms with E-state index in [1.807, 2.05) is 32.0 Å². The number of aryl methyl sites for hydroxylation is 2. The van der Waals surface area contributed by atoms with Crippen molar-refractivity contribution in [1.82, 2.24) is 0 Å². The fourth-order valence-electron chi connectivity index (χ4n) is 2.56. The number of amides is 1. The van der Waals surface area contributed by atoms with Crippen molar-refractivity contribution in [1.29, 1.82) is 0 Å². The zero-order valence-electron chi connectivity index (χ0n) is 15.4. The van der Waals surface area contributed by atoms with E-state index in [-0.39, 0.29) is 10.5 Å². The number of carbonyl (C=O) groups excluding carboxylic acids is 1. The lowest BCUT2D eigenvalue weighted by atomic mass is 10.2. The average Bonchev–Trinajstić information content (AvgIpc) is 2.66. The van der Waals surface area contributed by atoms with Crippen LogP contribution >= 0.6 is 11.6 Å². The molecule has 0 radical (unpaired) electrons. The second kappa shape index (κ2) is 8.04. The first kappa shape index (κ1) is 19.9. The number of rotatable bonds is 5. The van der Waals surface area contributed by atoms with Crippen molar-refractivity contribution in [3.05, 3.63) is 88.4 Å². The summed E-state index contributed by atoms with van der Waals surface area (Å²) in [5, 5.41) is 3.12. The van der Waals surface area contributed by atoms with E-state index in [0.29, 0.717) is 16.4 Å². The van der Waals surface area contributed by atoms with E-state index < -0.39 is 15.9 Å². The summed E-state index contributed by atoms with van der Waals surface area (Å²) >= 11 is 6.15. The van der Waals surface area contributed by atoms with E-state index >= 15 is 0 Å². The maximum atomic E-state index is 12.6. The smallest absolute Gasteiger partial charge is 0.261 e. The van der Waals surface area contributed by atoms with Crippen molar-refractivity contribution in [3.63, 3.8) is 0 Å². The van der Waals surface area contributed by atoms with Gasteiger partial charge in [-0.15, -0.1) is 0 Å². The predicted octanol–water partition coefficient (Wildman–Crippen LogP) is 5.01. The Morgan fingerprint density at radius 1 is 0.893 bits per heavy atom. The van der Waals surface area contributed by atoms with Gasteiger partial charge < -0.3 is 5.32 Å². The third-order valence-corrected chi connectivity index (χ3v) is 5.77. The van der Waals surface area contributed by atoms with Gasteiger partial charge in [-0.25, -0.2) is 8.42 Å². The molecule has 3 rings (SSSR count). The summed E-state index contributed by atoms with van der Waals surface area (Å²) < 4.78 is 27.8. The van der Waals surface area contributed by atoms with Gasteiger partial charge in [-0.2, -0.15) is 0 Å². The van der Waals surface area contributed by atoms with Crippen LogP contribution < -0.4 is 10.0 Å². The van der Waals surface area contributed by atoms with E-state index in [0.717, 1.165) is 11.1 Å². The molecule has 3 aromatic rings. The molecule has 0 bridgehead atoms. The van der Waals surface area contributed by atoms with E-state index in [2.05, 4.69) is 10.0 Å². The molecular weight excluding hydrogens is 396 g/mol. The topological polar surface area (TPSA) is 75.3 Å². The summed E-state index contributed by atoms with van der Waals surface area (Å²) in [6.45, 7) is 3.81. The van der Waals surface area contributed by atoms with Gasteiger partial charge in [0, 0.05) is 11.3 Å². The van der Waals surface area contributed by atoms with Crippen molar-refractivity contribution < 1.29 is 13.2 Å². The molecule has 0 saturated carbocycles. The molecule has 0 unspecified atom stereocenters. The van der Waals surface area contributed by atoms with Crippen LogP contribution in [0.15, 0.2) is 71.6 Å². The van der Waals surface area contributed by atoms with Gasteiger partial charge in [-0.3, -0.25) is 9.52 Å². The molecule has 0 aliphatic carbocycles. The van der Waals surface area contributed by atoms with E-state index in [1.165, 1.54) is 18.2 Å². The van der Waals surface area contributed by atoms with Crippen LogP contribution in [0.3, 0.4) is 0 Å². The Morgan fingerprint density at radius 3 is 2.25 bits per heavy atom. The van der Waals surface area contributed by atoms with Crippen molar-refractivity contribution in [3.8, 4) is 0 Å². The first-order valence-electron chi connectivity index (χ1n) is 8.52. The lowest BCUT2D eigenvalue weighted by Gasteiger charge is -2.11. The average molecular weight is 415 g/mol. The second-order valence-corrected chi connectivity index (χ2v) is 8.53. The number of hydrogen-bond donors (Lipinski definition) is 2. The van der Waals surface area contributed by atoms with Gasteiger partial charge in [0.2, 0.25) is 0 Å². The molecular formula is C21H19ClN2O3S. The van der Waals surface area contributed by atoms with Crippen molar-refractivity contribution in [2.75, 3.05) is 10.0 Å². The minimum atomic E-state index is -3.82. The molecule has 5 nitrogen and oxygen atoms in total. The number of anilines is 2. The summed E-state index contributed by atoms with van der Waals surface area (Å²) in [6.07, 6.45) is 0. The monoisotopic (exact) mass is 414 g/mol. The largest absolute Gasteiger partial charge is 0.321 e. The SMILES string of the molecule is Cc1ccc(NS(=O)(=O)c2cccc(C(=O)Nc3ccc(C)cc3Cl)c2)cc1. The summed E-state index contributed by atoms with van der Waals surface area (Å²) in [4.78, 5) is 12.5. The molecule has 0 heterocycles. The lowest BCUT2D eigenvalue weighted by molar-refractivity contribution is 0.102. The molecule has 0 fully saturated rings. The highest BCUT2D eigenvalue weighted by Crippen LogP contribution is 2.24. The van der Waals surface area contributed by atoms with Crippen molar-refractivity contribution in [2.24, 2.45) is 0 Å². The molecule has 0 aromatic heterocycles. The highest BCUT2D eigenvalue weighted by molar-refractivity contribution is 7.92. The number of nitrogens with one attached hydrogen (secondary N) is 2. The summed E-state index contributed by atoms with van der Waals surface area (Å²) in [6, 6.07) is 18.1. The highest BCUT2D eigenvalue weighted by atomic mass is 35.5. The zero-order valence-corrected chi connectivity index (χ0v) is 16.9. The quantitative estimate of drug-likeness (QED) is 0.616. The fourth-order valence-corrected chi connectivity index (χ4v) is 3.94. The molecule has 0 aliphatic heterocycles. The molecule has 0 spiro atoms. The van der Waals surface area contributed by atoms with Gasteiger partial charge >= 0.3 is 0 Å². The van der Waals surface area contributed by atoms with Crippen LogP contribution in [0.5, 0.6) is 0 Å². The number of halogens is 1. The molecule has 144 valence electrons. The summed E-state index contributed by atoms with van der Waals surface area (Å²) in [7, 11) is -3.82. The molecule has 0 atom stereocenters. The Bertz CT molecular complexity index is 1130. The van der Waals surface area contributed by atoms with Gasteiger partial charge in [0.1, 0.15) is 0 Å². The van der Waals surface area contributed by atoms with Crippen LogP contribution in [0.1, 0.15) is 21.5 Å². The second-order valence-electron chi connectivity index (χ2n) is 6.44. The first-order valence-corrected chi connectivity index (χ1v) is 10.4. The number of sulfonamides is 1. The normalized spacial score (nSPS) is 11.1. The van der Waals surface area contributed by atoms with E-state index in [4.69, 9.17) is 11.6 Å². The summed E-state index contributed by atoms with van der Waals surface area (Å²) in [5.74, 6) is -0.446. The van der Waals surface area contributed by atoms with Gasteiger partial charge in [0.05, 0.1) is 15.6 Å². The minimum absolute atomic E-state index is 0.00396. The third kappa shape index (κ3) is 4.71. The van der Waals surface area contributed by atoms with Crippen molar-refractivity contribution >= 4 is 38.9 Å². The summed E-state index contributed by atoms with van der Waals surface area (Å²) in [5.41, 5.74) is 3.12. The van der Waals surface area contributed by atoms with Crippen LogP contribution in [0.4, 0.5) is 11.4 Å². The number of hydrogen-bond acceptors (Lipinski definition) is 3. The van der Waals surface area contributed by atoms with Crippen LogP contribution in [0, 0.1) is 13.8 Å². The van der Waals surface area contributed by atoms with Crippen LogP contribution in [0.2, 0.25) is 5.02 Å². The standard InChI is InChI=1S/C21H19ClN2O3S/c1-14-6-9-17(10-7-14)24-28(26,27)18-5-3-4-16(13-18)21(25)23-20-11-8-15(2)12-19(20)22/h3-13,24H,1-2H3,(H,23,25). The van der Waals surface area contributed by atoms with E-state index in [1.54, 1.807) is 30.3 Å². The molecule has 3 aromatic carbocycles. The maximum absolute atomic E-state index is 12.6. The van der Waals surface area contributed by atoms with Gasteiger partial charge in [-0.05, 0) is 61.9 Å². The lowest BCUT2D eigenvalue weighted by Crippen LogP contribution is -2.16. The Labute approximate surface area is 169 Å². The van der Waals surface area contributed by atoms with E-state index in [9.17, 15) is 13.2 Å². The molecule has 2 N–H and O–H groups in total. The Balaban J connectivity index is 1.82.